The molecule has 1 fully saturated rings. The molecule has 1 aromatic carbocycles. The molecule has 1 aliphatic rings. The molecular formula is C20H27BN2O4. The summed E-state index contributed by atoms with van der Waals surface area (Å²) >= 11 is 0. The minimum atomic E-state index is -0.440. The second kappa shape index (κ2) is 6.80. The quantitative estimate of drug-likeness (QED) is 0.612. The molecule has 0 atom stereocenters. The molecule has 1 aliphatic heterocycles. The van der Waals surface area contributed by atoms with E-state index in [-0.39, 0.29) is 5.97 Å². The van der Waals surface area contributed by atoms with Gasteiger partial charge in [0, 0.05) is 11.2 Å². The van der Waals surface area contributed by atoms with Crippen molar-refractivity contribution in [3.05, 3.63) is 46.8 Å². The van der Waals surface area contributed by atoms with Crippen molar-refractivity contribution in [2.45, 2.75) is 59.3 Å². The van der Waals surface area contributed by atoms with Gasteiger partial charge in [0.2, 0.25) is 0 Å². The van der Waals surface area contributed by atoms with Crippen LogP contribution in [0.1, 0.15) is 55.0 Å². The molecule has 6 nitrogen and oxygen atoms in total. The van der Waals surface area contributed by atoms with Crippen LogP contribution in [0.25, 0.3) is 0 Å². The van der Waals surface area contributed by atoms with E-state index in [0.717, 1.165) is 22.4 Å². The van der Waals surface area contributed by atoms with E-state index in [1.165, 1.54) is 7.11 Å². The minimum absolute atomic E-state index is 0.344. The largest absolute Gasteiger partial charge is 0.498 e. The molecule has 7 heteroatoms. The van der Waals surface area contributed by atoms with Gasteiger partial charge in [-0.2, -0.15) is 5.10 Å². The highest BCUT2D eigenvalue weighted by Crippen LogP contribution is 2.36. The predicted molar refractivity (Wildman–Crippen MR) is 104 cm³/mol. The number of ether oxygens (including phenoxy) is 1. The van der Waals surface area contributed by atoms with Gasteiger partial charge in [-0.1, -0.05) is 12.1 Å². The summed E-state index contributed by atoms with van der Waals surface area (Å²) in [6.45, 7) is 12.7. The van der Waals surface area contributed by atoms with Crippen molar-refractivity contribution in [2.24, 2.45) is 0 Å². The molecule has 0 spiro atoms. The third kappa shape index (κ3) is 3.54. The number of benzene rings is 1. The molecule has 1 aromatic heterocycles. The lowest BCUT2D eigenvalue weighted by Crippen LogP contribution is -2.41. The van der Waals surface area contributed by atoms with Crippen LogP contribution >= 0.6 is 0 Å². The second-order valence-electron chi connectivity index (χ2n) is 8.02. The fourth-order valence-electron chi connectivity index (χ4n) is 3.25. The molecule has 0 radical (unpaired) electrons. The summed E-state index contributed by atoms with van der Waals surface area (Å²) in [6.07, 6.45) is 0. The van der Waals surface area contributed by atoms with Crippen molar-refractivity contribution in [1.82, 2.24) is 9.78 Å². The molecule has 0 bridgehead atoms. The summed E-state index contributed by atoms with van der Waals surface area (Å²) in [6, 6.07) is 7.39. The number of carbonyl (C=O) groups is 1. The van der Waals surface area contributed by atoms with Crippen molar-refractivity contribution < 1.29 is 18.8 Å². The predicted octanol–water partition coefficient (Wildman–Crippen LogP) is 2.63. The monoisotopic (exact) mass is 370 g/mol. The Kier molecular flexibility index (Phi) is 4.95. The molecule has 144 valence electrons. The van der Waals surface area contributed by atoms with Gasteiger partial charge in [0.05, 0.1) is 36.1 Å². The Morgan fingerprint density at radius 1 is 1.19 bits per heavy atom. The van der Waals surface area contributed by atoms with Crippen LogP contribution in [0.4, 0.5) is 0 Å². The molecule has 0 unspecified atom stereocenters. The molecular weight excluding hydrogens is 343 g/mol. The third-order valence-electron chi connectivity index (χ3n) is 5.61. The first-order valence-corrected chi connectivity index (χ1v) is 9.12. The first-order valence-electron chi connectivity index (χ1n) is 9.12. The number of aryl methyl sites for hydroxylation is 1. The summed E-state index contributed by atoms with van der Waals surface area (Å²) in [5.41, 5.74) is 3.56. The van der Waals surface area contributed by atoms with Crippen molar-refractivity contribution in [1.29, 1.82) is 0 Å². The van der Waals surface area contributed by atoms with Crippen LogP contribution in [0.2, 0.25) is 0 Å². The lowest BCUT2D eigenvalue weighted by Gasteiger charge is -2.32. The average molecular weight is 370 g/mol. The van der Waals surface area contributed by atoms with E-state index in [1.54, 1.807) is 6.07 Å². The van der Waals surface area contributed by atoms with Crippen molar-refractivity contribution in [3.8, 4) is 0 Å². The van der Waals surface area contributed by atoms with Crippen LogP contribution in [-0.4, -0.2) is 41.2 Å². The Bertz CT molecular complexity index is 857. The molecule has 2 aromatic rings. The van der Waals surface area contributed by atoms with Crippen LogP contribution in [0.3, 0.4) is 0 Å². The zero-order chi connectivity index (χ0) is 20.0. The van der Waals surface area contributed by atoms with Crippen LogP contribution in [0.5, 0.6) is 0 Å². The van der Waals surface area contributed by atoms with E-state index in [9.17, 15) is 4.79 Å². The molecule has 27 heavy (non-hydrogen) atoms. The fraction of sp³-hybridized carbons (Fsp3) is 0.500. The zero-order valence-corrected chi connectivity index (χ0v) is 17.1. The number of esters is 1. The molecule has 0 N–H and O–H groups in total. The standard InChI is InChI=1S/C20H27BN2O4/c1-13-17(21-26-19(3,4)20(5,6)27-21)14(2)23(22-13)12-15-9-8-10-16(11-15)18(24)25-7/h8-11H,12H2,1-7H3. The van der Waals surface area contributed by atoms with Gasteiger partial charge >= 0.3 is 13.1 Å². The Morgan fingerprint density at radius 2 is 1.81 bits per heavy atom. The zero-order valence-electron chi connectivity index (χ0n) is 17.1. The van der Waals surface area contributed by atoms with Crippen LogP contribution in [0.15, 0.2) is 24.3 Å². The van der Waals surface area contributed by atoms with E-state index in [0.29, 0.717) is 12.1 Å². The van der Waals surface area contributed by atoms with E-state index in [2.05, 4.69) is 5.10 Å². The highest BCUT2D eigenvalue weighted by Gasteiger charge is 2.53. The lowest BCUT2D eigenvalue weighted by atomic mass is 9.77. The average Bonchev–Trinajstić information content (AvgIpc) is 2.98. The molecule has 3 rings (SSSR count). The van der Waals surface area contributed by atoms with Crippen LogP contribution in [0, 0.1) is 13.8 Å². The number of nitrogens with zero attached hydrogens (tertiary/aromatic N) is 2. The molecule has 0 aliphatic carbocycles. The molecule has 0 amide bonds. The van der Waals surface area contributed by atoms with E-state index in [4.69, 9.17) is 14.0 Å². The Hall–Kier alpha value is -2.12. The highest BCUT2D eigenvalue weighted by atomic mass is 16.7. The van der Waals surface area contributed by atoms with E-state index < -0.39 is 18.3 Å². The van der Waals surface area contributed by atoms with Gasteiger partial charge in [0.15, 0.2) is 0 Å². The smallest absolute Gasteiger partial charge is 0.465 e. The maximum atomic E-state index is 11.8. The normalized spacial score (nSPS) is 18.0. The fourth-order valence-corrected chi connectivity index (χ4v) is 3.25. The molecule has 0 saturated carbocycles. The summed E-state index contributed by atoms with van der Waals surface area (Å²) < 4.78 is 19.1. The maximum absolute atomic E-state index is 11.8. The minimum Gasteiger partial charge on any atom is -0.465 e. The number of hydrogen-bond donors (Lipinski definition) is 0. The van der Waals surface area contributed by atoms with Gasteiger partial charge in [-0.25, -0.2) is 4.79 Å². The van der Waals surface area contributed by atoms with Gasteiger partial charge in [0.1, 0.15) is 0 Å². The highest BCUT2D eigenvalue weighted by molar-refractivity contribution is 6.63. The second-order valence-corrected chi connectivity index (χ2v) is 8.02. The first kappa shape index (κ1) is 19.6. The molecule has 1 saturated heterocycles. The Morgan fingerprint density at radius 3 is 2.41 bits per heavy atom. The van der Waals surface area contributed by atoms with Gasteiger partial charge in [0.25, 0.3) is 0 Å². The van der Waals surface area contributed by atoms with Crippen molar-refractivity contribution >= 4 is 18.6 Å². The van der Waals surface area contributed by atoms with Crippen LogP contribution < -0.4 is 5.46 Å². The topological polar surface area (TPSA) is 62.6 Å². The number of aromatic nitrogens is 2. The summed E-state index contributed by atoms with van der Waals surface area (Å²) in [5, 5.41) is 4.68. The third-order valence-corrected chi connectivity index (χ3v) is 5.61. The molecule has 2 heterocycles. The number of carbonyl (C=O) groups excluding carboxylic acids is 1. The first-order chi connectivity index (χ1) is 12.6. The summed E-state index contributed by atoms with van der Waals surface area (Å²) in [4.78, 5) is 11.8. The summed E-state index contributed by atoms with van der Waals surface area (Å²) in [5.74, 6) is -0.344. The van der Waals surface area contributed by atoms with Crippen molar-refractivity contribution in [2.75, 3.05) is 7.11 Å². The number of methoxy groups -OCH3 is 1. The lowest BCUT2D eigenvalue weighted by molar-refractivity contribution is 0.00578. The van der Waals surface area contributed by atoms with Gasteiger partial charge in [-0.05, 0) is 59.2 Å². The summed E-state index contributed by atoms with van der Waals surface area (Å²) in [7, 11) is 0.942. The van der Waals surface area contributed by atoms with Crippen LogP contribution in [-0.2, 0) is 20.6 Å². The van der Waals surface area contributed by atoms with Crippen molar-refractivity contribution in [3.63, 3.8) is 0 Å². The SMILES string of the molecule is COC(=O)c1cccc(Cn2nc(C)c(B3OC(C)(C)C(C)(C)O3)c2C)c1. The number of hydrogen-bond acceptors (Lipinski definition) is 5. The number of rotatable bonds is 4. The van der Waals surface area contributed by atoms with Gasteiger partial charge < -0.3 is 14.0 Å². The van der Waals surface area contributed by atoms with Gasteiger partial charge in [-0.15, -0.1) is 0 Å². The Balaban J connectivity index is 1.88. The van der Waals surface area contributed by atoms with E-state index >= 15 is 0 Å². The maximum Gasteiger partial charge on any atom is 0.498 e. The van der Waals surface area contributed by atoms with Gasteiger partial charge in [-0.3, -0.25) is 4.68 Å². The van der Waals surface area contributed by atoms with E-state index in [1.807, 2.05) is 64.4 Å². The Labute approximate surface area is 160 Å².